The molecule has 0 aromatic carbocycles. The van der Waals surface area contributed by atoms with Gasteiger partial charge >= 0.3 is 0 Å². The summed E-state index contributed by atoms with van der Waals surface area (Å²) in [5.41, 5.74) is 0.723. The highest BCUT2D eigenvalue weighted by Gasteiger charge is 2.12. The number of hydrogen-bond donors (Lipinski definition) is 1. The molecule has 2 atom stereocenters. The average Bonchev–Trinajstić information content (AvgIpc) is 2.65. The molecule has 0 aliphatic heterocycles. The van der Waals surface area contributed by atoms with Gasteiger partial charge in [0, 0.05) is 12.2 Å². The van der Waals surface area contributed by atoms with Gasteiger partial charge in [0.2, 0.25) is 0 Å². The molecule has 4 heteroatoms. The zero-order valence-electron chi connectivity index (χ0n) is 9.47. The highest BCUT2D eigenvalue weighted by molar-refractivity contribution is 5.84. The number of aromatic nitrogens is 2. The Labute approximate surface area is 89.9 Å². The zero-order valence-corrected chi connectivity index (χ0v) is 9.47. The molecule has 1 N–H and O–H groups in total. The normalized spacial score (nSPS) is 14.9. The minimum Gasteiger partial charge on any atom is -0.386 e. The van der Waals surface area contributed by atoms with Crippen LogP contribution in [0.5, 0.6) is 0 Å². The maximum absolute atomic E-state index is 11.3. The van der Waals surface area contributed by atoms with Crippen LogP contribution >= 0.6 is 0 Å². The molecule has 84 valence electrons. The van der Waals surface area contributed by atoms with Crippen LogP contribution in [0, 0.1) is 0 Å². The number of nitrogens with zero attached hydrogens (tertiary/aromatic N) is 2. The summed E-state index contributed by atoms with van der Waals surface area (Å²) >= 11 is 0. The Kier molecular flexibility index (Phi) is 4.03. The first-order chi connectivity index (χ1) is 7.04. The van der Waals surface area contributed by atoms with E-state index < -0.39 is 6.10 Å². The third-order valence-electron chi connectivity index (χ3n) is 2.53. The van der Waals surface area contributed by atoms with E-state index in [0.717, 1.165) is 12.1 Å². The lowest BCUT2D eigenvalue weighted by Crippen LogP contribution is -2.18. The summed E-state index contributed by atoms with van der Waals surface area (Å²) in [6, 6.07) is 2.17. The van der Waals surface area contributed by atoms with Crippen LogP contribution in [0.1, 0.15) is 38.9 Å². The molecule has 1 aromatic heterocycles. The van der Waals surface area contributed by atoms with Gasteiger partial charge in [0.25, 0.3) is 0 Å². The van der Waals surface area contributed by atoms with Gasteiger partial charge in [-0.3, -0.25) is 9.48 Å². The smallest absolute Gasteiger partial charge is 0.166 e. The van der Waals surface area contributed by atoms with Gasteiger partial charge in [0.05, 0.1) is 12.1 Å². The molecular weight excluding hydrogens is 192 g/mol. The molecule has 0 aliphatic rings. The summed E-state index contributed by atoms with van der Waals surface area (Å²) in [4.78, 5) is 11.3. The standard InChI is InChI=1S/C11H18N2O2/c1-4-8(2)13-6-5-10(12-13)7-11(15)9(3)14/h5-6,8-9,14H,4,7H2,1-3H3. The number of rotatable bonds is 5. The van der Waals surface area contributed by atoms with Gasteiger partial charge in [-0.25, -0.2) is 0 Å². The van der Waals surface area contributed by atoms with Crippen molar-refractivity contribution in [2.24, 2.45) is 0 Å². The van der Waals surface area contributed by atoms with Gasteiger partial charge in [-0.05, 0) is 26.3 Å². The Morgan fingerprint density at radius 2 is 2.27 bits per heavy atom. The predicted octanol–water partition coefficient (Wildman–Crippen LogP) is 1.35. The number of aliphatic hydroxyl groups is 1. The van der Waals surface area contributed by atoms with Gasteiger partial charge < -0.3 is 5.11 Å². The minimum atomic E-state index is -0.904. The molecule has 1 heterocycles. The molecule has 0 saturated carbocycles. The van der Waals surface area contributed by atoms with E-state index in [9.17, 15) is 4.79 Å². The van der Waals surface area contributed by atoms with Crippen LogP contribution in [0.25, 0.3) is 0 Å². The lowest BCUT2D eigenvalue weighted by atomic mass is 10.1. The van der Waals surface area contributed by atoms with Gasteiger partial charge in [0.15, 0.2) is 5.78 Å². The quantitative estimate of drug-likeness (QED) is 0.798. The van der Waals surface area contributed by atoms with Crippen LogP contribution in [0.2, 0.25) is 0 Å². The Bertz CT molecular complexity index is 331. The number of hydrogen-bond acceptors (Lipinski definition) is 3. The minimum absolute atomic E-state index is 0.190. The maximum Gasteiger partial charge on any atom is 0.166 e. The van der Waals surface area contributed by atoms with E-state index in [1.807, 2.05) is 16.9 Å². The Balaban J connectivity index is 2.64. The largest absolute Gasteiger partial charge is 0.386 e. The monoisotopic (exact) mass is 210 g/mol. The molecule has 0 radical (unpaired) electrons. The van der Waals surface area contributed by atoms with Crippen molar-refractivity contribution in [1.29, 1.82) is 0 Å². The Morgan fingerprint density at radius 1 is 1.60 bits per heavy atom. The molecular formula is C11H18N2O2. The SMILES string of the molecule is CCC(C)n1ccc(CC(=O)C(C)O)n1. The van der Waals surface area contributed by atoms with Crippen molar-refractivity contribution in [3.05, 3.63) is 18.0 Å². The van der Waals surface area contributed by atoms with E-state index in [2.05, 4.69) is 18.9 Å². The highest BCUT2D eigenvalue weighted by Crippen LogP contribution is 2.09. The molecule has 1 aromatic rings. The van der Waals surface area contributed by atoms with Crippen molar-refractivity contribution in [1.82, 2.24) is 9.78 Å². The van der Waals surface area contributed by atoms with E-state index in [4.69, 9.17) is 5.11 Å². The fraction of sp³-hybridized carbons (Fsp3) is 0.636. The summed E-state index contributed by atoms with van der Waals surface area (Å²) < 4.78 is 1.85. The third kappa shape index (κ3) is 3.16. The second-order valence-electron chi connectivity index (χ2n) is 3.86. The predicted molar refractivity (Wildman–Crippen MR) is 57.6 cm³/mol. The topological polar surface area (TPSA) is 55.1 Å². The first-order valence-corrected chi connectivity index (χ1v) is 5.29. The van der Waals surface area contributed by atoms with Gasteiger partial charge in [-0.2, -0.15) is 5.10 Å². The summed E-state index contributed by atoms with van der Waals surface area (Å²) in [6.45, 7) is 5.65. The molecule has 1 rings (SSSR count). The van der Waals surface area contributed by atoms with E-state index in [-0.39, 0.29) is 12.2 Å². The lowest BCUT2D eigenvalue weighted by molar-refractivity contribution is -0.125. The van der Waals surface area contributed by atoms with Crippen LogP contribution in [0.4, 0.5) is 0 Å². The van der Waals surface area contributed by atoms with E-state index in [1.54, 1.807) is 0 Å². The van der Waals surface area contributed by atoms with Gasteiger partial charge in [-0.1, -0.05) is 6.92 Å². The fourth-order valence-electron chi connectivity index (χ4n) is 1.23. The second-order valence-corrected chi connectivity index (χ2v) is 3.86. The molecule has 0 fully saturated rings. The van der Waals surface area contributed by atoms with Crippen molar-refractivity contribution in [2.45, 2.75) is 45.8 Å². The van der Waals surface area contributed by atoms with Crippen molar-refractivity contribution >= 4 is 5.78 Å². The molecule has 15 heavy (non-hydrogen) atoms. The fourth-order valence-corrected chi connectivity index (χ4v) is 1.23. The molecule has 0 amide bonds. The van der Waals surface area contributed by atoms with Crippen molar-refractivity contribution < 1.29 is 9.90 Å². The van der Waals surface area contributed by atoms with Crippen molar-refractivity contribution in [3.63, 3.8) is 0 Å². The number of carbonyl (C=O) groups is 1. The molecule has 2 unspecified atom stereocenters. The van der Waals surface area contributed by atoms with Crippen LogP contribution in [0.15, 0.2) is 12.3 Å². The Hall–Kier alpha value is -1.16. The summed E-state index contributed by atoms with van der Waals surface area (Å²) in [5.74, 6) is -0.190. The molecule has 0 spiro atoms. The van der Waals surface area contributed by atoms with Crippen LogP contribution in [0.3, 0.4) is 0 Å². The molecule has 0 saturated heterocycles. The zero-order chi connectivity index (χ0) is 11.4. The second kappa shape index (κ2) is 5.07. The van der Waals surface area contributed by atoms with Crippen molar-refractivity contribution in [2.75, 3.05) is 0 Å². The van der Waals surface area contributed by atoms with Crippen LogP contribution in [-0.4, -0.2) is 26.8 Å². The van der Waals surface area contributed by atoms with E-state index >= 15 is 0 Å². The van der Waals surface area contributed by atoms with Crippen LogP contribution in [-0.2, 0) is 11.2 Å². The maximum atomic E-state index is 11.3. The number of ketones is 1. The molecule has 0 bridgehead atoms. The molecule has 4 nitrogen and oxygen atoms in total. The first kappa shape index (κ1) is 11.9. The van der Waals surface area contributed by atoms with Crippen molar-refractivity contribution in [3.8, 4) is 0 Å². The van der Waals surface area contributed by atoms with Gasteiger partial charge in [-0.15, -0.1) is 0 Å². The molecule has 0 aliphatic carbocycles. The summed E-state index contributed by atoms with van der Waals surface area (Å²) in [5, 5.41) is 13.3. The lowest BCUT2D eigenvalue weighted by Gasteiger charge is -2.08. The number of carbonyl (C=O) groups excluding carboxylic acids is 1. The highest BCUT2D eigenvalue weighted by atomic mass is 16.3. The summed E-state index contributed by atoms with van der Waals surface area (Å²) in [7, 11) is 0. The Morgan fingerprint density at radius 3 is 2.80 bits per heavy atom. The van der Waals surface area contributed by atoms with E-state index in [1.165, 1.54) is 6.92 Å². The van der Waals surface area contributed by atoms with E-state index in [0.29, 0.717) is 6.04 Å². The summed E-state index contributed by atoms with van der Waals surface area (Å²) in [6.07, 6.45) is 2.18. The average molecular weight is 210 g/mol. The number of aliphatic hydroxyl groups excluding tert-OH is 1. The van der Waals surface area contributed by atoms with Gasteiger partial charge in [0.1, 0.15) is 6.10 Å². The third-order valence-corrected chi connectivity index (χ3v) is 2.53. The number of Topliss-reactive ketones (excluding diaryl/α,β-unsaturated/α-hetero) is 1. The first-order valence-electron chi connectivity index (χ1n) is 5.29. The van der Waals surface area contributed by atoms with Crippen LogP contribution < -0.4 is 0 Å².